The second kappa shape index (κ2) is 7.96. The van der Waals surface area contributed by atoms with Crippen molar-refractivity contribution in [3.05, 3.63) is 66.9 Å². The molecule has 1 aliphatic rings. The molecule has 0 amide bonds. The summed E-state index contributed by atoms with van der Waals surface area (Å²) in [6.07, 6.45) is 2.26. The van der Waals surface area contributed by atoms with Gasteiger partial charge < -0.3 is 5.11 Å². The van der Waals surface area contributed by atoms with Gasteiger partial charge in [0.15, 0.2) is 5.03 Å². The van der Waals surface area contributed by atoms with Crippen LogP contribution in [-0.2, 0) is 14.8 Å². The van der Waals surface area contributed by atoms with E-state index in [1.54, 1.807) is 12.3 Å². The number of pyridine rings is 2. The quantitative estimate of drug-likeness (QED) is 0.509. The van der Waals surface area contributed by atoms with Crippen molar-refractivity contribution in [3.63, 3.8) is 0 Å². The first-order valence-electron chi connectivity index (χ1n) is 10.4. The van der Waals surface area contributed by atoms with E-state index in [2.05, 4.69) is 9.97 Å². The van der Waals surface area contributed by atoms with Crippen molar-refractivity contribution in [3.8, 4) is 11.1 Å². The number of fused-ring (bicyclic) bond motifs is 2. The number of piperidine rings is 1. The minimum atomic E-state index is -3.95. The van der Waals surface area contributed by atoms with Crippen LogP contribution in [0.1, 0.15) is 12.8 Å². The zero-order valence-electron chi connectivity index (χ0n) is 17.2. The second-order valence-corrected chi connectivity index (χ2v) is 9.78. The minimum Gasteiger partial charge on any atom is -0.481 e. The van der Waals surface area contributed by atoms with Crippen molar-refractivity contribution in [1.82, 2.24) is 14.3 Å². The molecular formula is C24H21N3O4S. The Morgan fingerprint density at radius 1 is 0.938 bits per heavy atom. The van der Waals surface area contributed by atoms with Crippen LogP contribution in [0, 0.1) is 5.92 Å². The van der Waals surface area contributed by atoms with Crippen LogP contribution in [0.4, 0.5) is 0 Å². The van der Waals surface area contributed by atoms with Gasteiger partial charge in [-0.05, 0) is 31.0 Å². The van der Waals surface area contributed by atoms with E-state index < -0.39 is 21.9 Å². The number of aliphatic carboxylic acids is 1. The molecule has 1 aliphatic heterocycles. The summed E-state index contributed by atoms with van der Waals surface area (Å²) < 4.78 is 28.8. The Bertz CT molecular complexity index is 1440. The van der Waals surface area contributed by atoms with Gasteiger partial charge in [0.05, 0.1) is 17.0 Å². The molecule has 5 rings (SSSR count). The maximum atomic E-state index is 13.7. The summed E-state index contributed by atoms with van der Waals surface area (Å²) >= 11 is 0. The SMILES string of the molecule is O=C(O)C1CCN(S(=O)(=O)c2nc3ccccc3cc2-c2cccc3cccnc23)CC1. The van der Waals surface area contributed by atoms with Crippen LogP contribution in [0.2, 0.25) is 0 Å². The maximum absolute atomic E-state index is 13.7. The van der Waals surface area contributed by atoms with Gasteiger partial charge >= 0.3 is 5.97 Å². The van der Waals surface area contributed by atoms with Crippen LogP contribution >= 0.6 is 0 Å². The summed E-state index contributed by atoms with van der Waals surface area (Å²) in [7, 11) is -3.95. The molecule has 4 aromatic rings. The molecule has 0 unspecified atom stereocenters. The highest BCUT2D eigenvalue weighted by Crippen LogP contribution is 2.35. The fourth-order valence-corrected chi connectivity index (χ4v) is 5.87. The standard InChI is InChI=1S/C24H21N3O4S/c28-24(29)17-10-13-27(14-11-17)32(30,31)23-20(15-18-5-1-2-9-21(18)26-23)19-8-3-6-16-7-4-12-25-22(16)19/h1-9,12,15,17H,10-11,13-14H2,(H,28,29). The van der Waals surface area contributed by atoms with E-state index in [1.807, 2.05) is 54.6 Å². The Morgan fingerprint density at radius 3 is 2.44 bits per heavy atom. The van der Waals surface area contributed by atoms with E-state index in [1.165, 1.54) is 4.31 Å². The highest BCUT2D eigenvalue weighted by atomic mass is 32.2. The first-order chi connectivity index (χ1) is 15.4. The molecule has 1 saturated heterocycles. The summed E-state index contributed by atoms with van der Waals surface area (Å²) in [5.74, 6) is -1.40. The van der Waals surface area contributed by atoms with E-state index in [-0.39, 0.29) is 31.0 Å². The average molecular weight is 448 g/mol. The van der Waals surface area contributed by atoms with Crippen LogP contribution < -0.4 is 0 Å². The third kappa shape index (κ3) is 3.51. The number of hydrogen-bond donors (Lipinski definition) is 1. The molecule has 0 aliphatic carbocycles. The van der Waals surface area contributed by atoms with Gasteiger partial charge in [-0.25, -0.2) is 13.4 Å². The zero-order chi connectivity index (χ0) is 22.3. The summed E-state index contributed by atoms with van der Waals surface area (Å²) in [5.41, 5.74) is 2.48. The fraction of sp³-hybridized carbons (Fsp3) is 0.208. The normalized spacial score (nSPS) is 15.9. The summed E-state index contributed by atoms with van der Waals surface area (Å²) in [6, 6.07) is 18.7. The van der Waals surface area contributed by atoms with Gasteiger partial charge in [0, 0.05) is 41.2 Å². The first kappa shape index (κ1) is 20.5. The van der Waals surface area contributed by atoms with Gasteiger partial charge in [-0.1, -0.05) is 42.5 Å². The molecule has 1 fully saturated rings. The predicted octanol–water partition coefficient (Wildman–Crippen LogP) is 3.94. The largest absolute Gasteiger partial charge is 0.481 e. The molecular weight excluding hydrogens is 426 g/mol. The van der Waals surface area contributed by atoms with Crippen molar-refractivity contribution in [2.75, 3.05) is 13.1 Å². The van der Waals surface area contributed by atoms with Gasteiger partial charge in [0.1, 0.15) is 0 Å². The third-order valence-corrected chi connectivity index (χ3v) is 7.84. The lowest BCUT2D eigenvalue weighted by Crippen LogP contribution is -2.40. The van der Waals surface area contributed by atoms with Gasteiger partial charge in [-0.15, -0.1) is 0 Å². The minimum absolute atomic E-state index is 0.0249. The highest BCUT2D eigenvalue weighted by molar-refractivity contribution is 7.89. The lowest BCUT2D eigenvalue weighted by atomic mass is 9.99. The van der Waals surface area contributed by atoms with Crippen molar-refractivity contribution in [2.24, 2.45) is 5.92 Å². The van der Waals surface area contributed by atoms with E-state index in [9.17, 15) is 18.3 Å². The molecule has 0 bridgehead atoms. The monoisotopic (exact) mass is 447 g/mol. The third-order valence-electron chi connectivity index (χ3n) is 6.00. The number of hydrogen-bond acceptors (Lipinski definition) is 5. The molecule has 8 heteroatoms. The molecule has 162 valence electrons. The van der Waals surface area contributed by atoms with E-state index in [4.69, 9.17) is 0 Å². The number of sulfonamides is 1. The predicted molar refractivity (Wildman–Crippen MR) is 122 cm³/mol. The Balaban J connectivity index is 1.70. The Morgan fingerprint density at radius 2 is 1.66 bits per heavy atom. The number of carboxylic acid groups (broad SMARTS) is 1. The molecule has 0 spiro atoms. The fourth-order valence-electron chi connectivity index (χ4n) is 4.27. The van der Waals surface area contributed by atoms with E-state index in [0.717, 1.165) is 10.8 Å². The number of aromatic nitrogens is 2. The van der Waals surface area contributed by atoms with Crippen molar-refractivity contribution in [2.45, 2.75) is 17.9 Å². The van der Waals surface area contributed by atoms with Crippen LogP contribution in [0.25, 0.3) is 32.9 Å². The molecule has 3 heterocycles. The Labute approximate surface area is 185 Å². The highest BCUT2D eigenvalue weighted by Gasteiger charge is 2.35. The van der Waals surface area contributed by atoms with Crippen molar-refractivity contribution in [1.29, 1.82) is 0 Å². The van der Waals surface area contributed by atoms with Crippen molar-refractivity contribution < 1.29 is 18.3 Å². The number of carbonyl (C=O) groups is 1. The van der Waals surface area contributed by atoms with Crippen LogP contribution in [0.5, 0.6) is 0 Å². The van der Waals surface area contributed by atoms with Gasteiger partial charge in [-0.3, -0.25) is 9.78 Å². The second-order valence-electron chi connectivity index (χ2n) is 7.93. The van der Waals surface area contributed by atoms with Crippen LogP contribution in [0.3, 0.4) is 0 Å². The Kier molecular flexibility index (Phi) is 5.11. The molecule has 7 nitrogen and oxygen atoms in total. The molecule has 2 aromatic heterocycles. The summed E-state index contributed by atoms with van der Waals surface area (Å²) in [4.78, 5) is 20.4. The number of rotatable bonds is 4. The number of para-hydroxylation sites is 2. The lowest BCUT2D eigenvalue weighted by Gasteiger charge is -2.29. The molecule has 32 heavy (non-hydrogen) atoms. The van der Waals surface area contributed by atoms with Crippen LogP contribution in [-0.4, -0.2) is 46.9 Å². The maximum Gasteiger partial charge on any atom is 0.306 e. The van der Waals surface area contributed by atoms with Crippen LogP contribution in [0.15, 0.2) is 71.9 Å². The molecule has 2 aromatic carbocycles. The first-order valence-corrected chi connectivity index (χ1v) is 11.9. The van der Waals surface area contributed by atoms with Crippen molar-refractivity contribution >= 4 is 37.8 Å². The molecule has 0 radical (unpaired) electrons. The topological polar surface area (TPSA) is 100 Å². The molecule has 0 saturated carbocycles. The van der Waals surface area contributed by atoms with E-state index >= 15 is 0 Å². The summed E-state index contributed by atoms with van der Waals surface area (Å²) in [6.45, 7) is 0.308. The Hall–Kier alpha value is -3.36. The number of nitrogens with zero attached hydrogens (tertiary/aromatic N) is 3. The summed E-state index contributed by atoms with van der Waals surface area (Å²) in [5, 5.41) is 11.0. The van der Waals surface area contributed by atoms with Gasteiger partial charge in [0.25, 0.3) is 10.0 Å². The molecule has 0 atom stereocenters. The number of benzene rings is 2. The average Bonchev–Trinajstić information content (AvgIpc) is 2.83. The smallest absolute Gasteiger partial charge is 0.306 e. The van der Waals surface area contributed by atoms with Gasteiger partial charge in [0.2, 0.25) is 0 Å². The lowest BCUT2D eigenvalue weighted by molar-refractivity contribution is -0.142. The zero-order valence-corrected chi connectivity index (χ0v) is 18.0. The van der Waals surface area contributed by atoms with E-state index in [0.29, 0.717) is 22.2 Å². The molecule has 1 N–H and O–H groups in total. The number of carboxylic acids is 1. The van der Waals surface area contributed by atoms with Gasteiger partial charge in [-0.2, -0.15) is 4.31 Å².